The van der Waals surface area contributed by atoms with E-state index in [2.05, 4.69) is 19.2 Å². The van der Waals surface area contributed by atoms with Crippen molar-refractivity contribution in [1.82, 2.24) is 0 Å². The van der Waals surface area contributed by atoms with E-state index < -0.39 is 5.82 Å². The summed E-state index contributed by atoms with van der Waals surface area (Å²) in [5.74, 6) is 0.350. The molecule has 1 aromatic rings. The van der Waals surface area contributed by atoms with Gasteiger partial charge in [0.15, 0.2) is 0 Å². The summed E-state index contributed by atoms with van der Waals surface area (Å²) < 4.78 is 13.0. The molecule has 17 heavy (non-hydrogen) atoms. The topological polar surface area (TPSA) is 38.0 Å². The zero-order chi connectivity index (χ0) is 13.0. The lowest BCUT2D eigenvalue weighted by Gasteiger charge is -2.20. The predicted molar refractivity (Wildman–Crippen MR) is 72.3 cm³/mol. The number of nitrogens with two attached hydrogens (primary N) is 1. The normalized spacial score (nSPS) is 12.9. The molecule has 0 fully saturated rings. The van der Waals surface area contributed by atoms with Crippen molar-refractivity contribution in [3.05, 3.63) is 28.0 Å². The van der Waals surface area contributed by atoms with E-state index in [0.717, 1.165) is 0 Å². The summed E-state index contributed by atoms with van der Waals surface area (Å²) in [6.45, 7) is 5.46. The van der Waals surface area contributed by atoms with Crippen molar-refractivity contribution in [2.24, 2.45) is 17.6 Å². The van der Waals surface area contributed by atoms with Gasteiger partial charge < -0.3 is 11.1 Å². The van der Waals surface area contributed by atoms with E-state index >= 15 is 0 Å². The highest BCUT2D eigenvalue weighted by Crippen LogP contribution is 2.31. The number of benzene rings is 1. The minimum absolute atomic E-state index is 0.287. The third kappa shape index (κ3) is 4.02. The fourth-order valence-corrected chi connectivity index (χ4v) is 2.13. The number of halogens is 3. The first-order chi connectivity index (χ1) is 7.95. The van der Waals surface area contributed by atoms with Gasteiger partial charge in [0.05, 0.1) is 15.7 Å². The summed E-state index contributed by atoms with van der Waals surface area (Å²) in [5, 5.41) is 3.70. The average molecular weight is 279 g/mol. The van der Waals surface area contributed by atoms with E-state index in [1.54, 1.807) is 0 Å². The zero-order valence-corrected chi connectivity index (χ0v) is 11.4. The lowest BCUT2D eigenvalue weighted by Crippen LogP contribution is -2.27. The molecule has 2 nitrogen and oxygen atoms in total. The van der Waals surface area contributed by atoms with Crippen molar-refractivity contribution in [1.29, 1.82) is 0 Å². The van der Waals surface area contributed by atoms with Crippen LogP contribution in [0.3, 0.4) is 0 Å². The second kappa shape index (κ2) is 6.43. The first-order valence-corrected chi connectivity index (χ1v) is 6.29. The molecular weight excluding hydrogens is 262 g/mol. The van der Waals surface area contributed by atoms with Crippen LogP contribution in [0.2, 0.25) is 10.0 Å². The monoisotopic (exact) mass is 278 g/mol. The molecular formula is C12H17Cl2FN2. The highest BCUT2D eigenvalue weighted by Gasteiger charge is 2.13. The molecule has 1 aromatic carbocycles. The Hall–Kier alpha value is -0.510. The van der Waals surface area contributed by atoms with Gasteiger partial charge in [-0.25, -0.2) is 4.39 Å². The van der Waals surface area contributed by atoms with Crippen LogP contribution in [0.15, 0.2) is 12.1 Å². The van der Waals surface area contributed by atoms with Gasteiger partial charge in [-0.3, -0.25) is 0 Å². The van der Waals surface area contributed by atoms with Crippen molar-refractivity contribution in [3.8, 4) is 0 Å². The summed E-state index contributed by atoms with van der Waals surface area (Å²) in [6.07, 6.45) is 0. The first-order valence-electron chi connectivity index (χ1n) is 5.54. The maximum atomic E-state index is 13.0. The van der Waals surface area contributed by atoms with Crippen LogP contribution in [0.25, 0.3) is 0 Å². The van der Waals surface area contributed by atoms with Crippen LogP contribution in [-0.2, 0) is 0 Å². The molecule has 96 valence electrons. The molecule has 0 spiro atoms. The molecule has 3 N–H and O–H groups in total. The maximum Gasteiger partial charge on any atom is 0.126 e. The van der Waals surface area contributed by atoms with Crippen LogP contribution in [0, 0.1) is 17.7 Å². The minimum Gasteiger partial charge on any atom is -0.382 e. The molecule has 1 rings (SSSR count). The number of hydrogen-bond donors (Lipinski definition) is 2. The molecule has 0 saturated heterocycles. The lowest BCUT2D eigenvalue weighted by atomic mass is 9.96. The van der Waals surface area contributed by atoms with Crippen molar-refractivity contribution in [3.63, 3.8) is 0 Å². The Bertz CT molecular complexity index is 360. The van der Waals surface area contributed by atoms with Crippen LogP contribution in [0.1, 0.15) is 13.8 Å². The fourth-order valence-electron chi connectivity index (χ4n) is 1.54. The van der Waals surface area contributed by atoms with Crippen molar-refractivity contribution < 1.29 is 4.39 Å². The number of anilines is 1. The van der Waals surface area contributed by atoms with Crippen molar-refractivity contribution >= 4 is 28.9 Å². The summed E-state index contributed by atoms with van der Waals surface area (Å²) >= 11 is 11.8. The Balaban J connectivity index is 2.75. The molecule has 0 bridgehead atoms. The molecule has 0 aliphatic heterocycles. The predicted octanol–water partition coefficient (Wildman–Crippen LogP) is 3.78. The van der Waals surface area contributed by atoms with Crippen molar-refractivity contribution in [2.45, 2.75) is 13.8 Å². The van der Waals surface area contributed by atoms with Gasteiger partial charge in [0.25, 0.3) is 0 Å². The number of rotatable bonds is 5. The molecule has 1 unspecified atom stereocenters. The summed E-state index contributed by atoms with van der Waals surface area (Å²) in [5.41, 5.74) is 6.24. The second-order valence-electron chi connectivity index (χ2n) is 4.37. The fraction of sp³-hybridized carbons (Fsp3) is 0.500. The number of nitrogens with one attached hydrogen (secondary N) is 1. The highest BCUT2D eigenvalue weighted by atomic mass is 35.5. The maximum absolute atomic E-state index is 13.0. The SMILES string of the molecule is CC(C)C(CN)CNc1c(Cl)cc(F)cc1Cl. The smallest absolute Gasteiger partial charge is 0.126 e. The third-order valence-electron chi connectivity index (χ3n) is 2.79. The average Bonchev–Trinajstić information content (AvgIpc) is 2.21. The third-order valence-corrected chi connectivity index (χ3v) is 3.39. The molecule has 0 saturated carbocycles. The van der Waals surface area contributed by atoms with Gasteiger partial charge in [-0.05, 0) is 30.5 Å². The second-order valence-corrected chi connectivity index (χ2v) is 5.18. The quantitative estimate of drug-likeness (QED) is 0.860. The van der Waals surface area contributed by atoms with Gasteiger partial charge in [0.2, 0.25) is 0 Å². The highest BCUT2D eigenvalue weighted by molar-refractivity contribution is 6.39. The molecule has 0 radical (unpaired) electrons. The Kier molecular flexibility index (Phi) is 5.50. The molecule has 0 heterocycles. The van der Waals surface area contributed by atoms with E-state index in [1.807, 2.05) is 0 Å². The van der Waals surface area contributed by atoms with Crippen LogP contribution in [0.5, 0.6) is 0 Å². The van der Waals surface area contributed by atoms with Gasteiger partial charge in [-0.15, -0.1) is 0 Å². The van der Waals surface area contributed by atoms with Gasteiger partial charge in [0.1, 0.15) is 5.82 Å². The summed E-state index contributed by atoms with van der Waals surface area (Å²) in [7, 11) is 0. The Morgan fingerprint density at radius 1 is 1.29 bits per heavy atom. The van der Waals surface area contributed by atoms with Crippen LogP contribution < -0.4 is 11.1 Å². The summed E-state index contributed by atoms with van der Waals surface area (Å²) in [6, 6.07) is 2.48. The summed E-state index contributed by atoms with van der Waals surface area (Å²) in [4.78, 5) is 0. The van der Waals surface area contributed by atoms with Gasteiger partial charge >= 0.3 is 0 Å². The van der Waals surface area contributed by atoms with E-state index in [1.165, 1.54) is 12.1 Å². The molecule has 1 atom stereocenters. The Labute approximate surface area is 111 Å². The van der Waals surface area contributed by atoms with Crippen LogP contribution >= 0.6 is 23.2 Å². The Morgan fingerprint density at radius 3 is 2.24 bits per heavy atom. The van der Waals surface area contributed by atoms with E-state index in [-0.39, 0.29) is 10.0 Å². The van der Waals surface area contributed by atoms with Gasteiger partial charge in [-0.1, -0.05) is 37.0 Å². The van der Waals surface area contributed by atoms with E-state index in [0.29, 0.717) is 30.6 Å². The molecule has 0 aliphatic carbocycles. The zero-order valence-electron chi connectivity index (χ0n) is 9.93. The van der Waals surface area contributed by atoms with Crippen molar-refractivity contribution in [2.75, 3.05) is 18.4 Å². The van der Waals surface area contributed by atoms with Crippen LogP contribution in [0.4, 0.5) is 10.1 Å². The lowest BCUT2D eigenvalue weighted by molar-refractivity contribution is 0.413. The Morgan fingerprint density at radius 2 is 1.82 bits per heavy atom. The van der Waals surface area contributed by atoms with Gasteiger partial charge in [0, 0.05) is 6.54 Å². The number of hydrogen-bond acceptors (Lipinski definition) is 2. The van der Waals surface area contributed by atoms with Crippen LogP contribution in [-0.4, -0.2) is 13.1 Å². The molecule has 0 amide bonds. The van der Waals surface area contributed by atoms with E-state index in [4.69, 9.17) is 28.9 Å². The molecule has 5 heteroatoms. The molecule has 0 aromatic heterocycles. The standard InChI is InChI=1S/C12H17Cl2FN2/c1-7(2)8(5-16)6-17-12-10(13)3-9(15)4-11(12)14/h3-4,7-8,17H,5-6,16H2,1-2H3. The minimum atomic E-state index is -0.440. The van der Waals surface area contributed by atoms with Gasteiger partial charge in [-0.2, -0.15) is 0 Å². The first kappa shape index (κ1) is 14.6. The largest absolute Gasteiger partial charge is 0.382 e. The molecule has 0 aliphatic rings. The van der Waals surface area contributed by atoms with E-state index in [9.17, 15) is 4.39 Å².